The Morgan fingerprint density at radius 3 is 2.31 bits per heavy atom. The van der Waals surface area contributed by atoms with Crippen LogP contribution in [-0.4, -0.2) is 10.5 Å². The summed E-state index contributed by atoms with van der Waals surface area (Å²) < 4.78 is 2.00. The second-order valence-corrected chi connectivity index (χ2v) is 9.57. The smallest absolute Gasteiger partial charge is 0.273 e. The maximum atomic E-state index is 13.5. The van der Waals surface area contributed by atoms with Gasteiger partial charge in [-0.2, -0.15) is 5.26 Å². The molecule has 5 nitrogen and oxygen atoms in total. The number of benzene rings is 3. The molecule has 0 aliphatic heterocycles. The molecule has 0 bridgehead atoms. The first-order chi connectivity index (χ1) is 16.9. The molecule has 0 saturated heterocycles. The SMILES string of the molecule is CC(C)c1ccc(NC(=O)/C(C#N)=c2\s/c(=C/c3ccccc3Cl)c(=O)n2-c2ccccc2)cc1. The average molecular weight is 500 g/mol. The average Bonchev–Trinajstić information content (AvgIpc) is 3.17. The Labute approximate surface area is 211 Å². The van der Waals surface area contributed by atoms with Crippen molar-refractivity contribution < 1.29 is 4.79 Å². The van der Waals surface area contributed by atoms with Gasteiger partial charge in [0.2, 0.25) is 0 Å². The van der Waals surface area contributed by atoms with Gasteiger partial charge in [-0.25, -0.2) is 0 Å². The fourth-order valence-electron chi connectivity index (χ4n) is 3.54. The molecular formula is C28H22ClN3O2S. The molecule has 1 amide bonds. The van der Waals surface area contributed by atoms with E-state index in [1.54, 1.807) is 60.7 Å². The van der Waals surface area contributed by atoms with Crippen LogP contribution in [0.4, 0.5) is 5.69 Å². The monoisotopic (exact) mass is 499 g/mol. The molecule has 35 heavy (non-hydrogen) atoms. The molecule has 4 rings (SSSR count). The summed E-state index contributed by atoms with van der Waals surface area (Å²) in [4.78, 5) is 26.6. The topological polar surface area (TPSA) is 74.9 Å². The molecule has 0 fully saturated rings. The summed E-state index contributed by atoms with van der Waals surface area (Å²) in [5.41, 5.74) is 2.46. The Hall–Kier alpha value is -3.92. The fraction of sp³-hybridized carbons (Fsp3) is 0.107. The molecular weight excluding hydrogens is 478 g/mol. The van der Waals surface area contributed by atoms with Crippen LogP contribution < -0.4 is 20.1 Å². The van der Waals surface area contributed by atoms with Crippen molar-refractivity contribution in [1.82, 2.24) is 4.57 Å². The van der Waals surface area contributed by atoms with Crippen molar-refractivity contribution >= 4 is 46.2 Å². The molecule has 1 N–H and O–H groups in total. The molecule has 174 valence electrons. The zero-order valence-electron chi connectivity index (χ0n) is 19.2. The number of rotatable bonds is 5. The van der Waals surface area contributed by atoms with Gasteiger partial charge in [0.25, 0.3) is 11.5 Å². The summed E-state index contributed by atoms with van der Waals surface area (Å²) in [5, 5.41) is 13.2. The second kappa shape index (κ2) is 10.6. The Bertz CT molecular complexity index is 1600. The number of hydrogen-bond acceptors (Lipinski definition) is 4. The number of nitriles is 1. The van der Waals surface area contributed by atoms with Gasteiger partial charge in [-0.15, -0.1) is 11.3 Å². The van der Waals surface area contributed by atoms with Crippen molar-refractivity contribution in [2.75, 3.05) is 5.32 Å². The van der Waals surface area contributed by atoms with Gasteiger partial charge in [0.05, 0.1) is 10.2 Å². The maximum absolute atomic E-state index is 13.5. The van der Waals surface area contributed by atoms with E-state index in [-0.39, 0.29) is 15.8 Å². The van der Waals surface area contributed by atoms with Crippen molar-refractivity contribution in [3.05, 3.63) is 115 Å². The summed E-state index contributed by atoms with van der Waals surface area (Å²) in [6.45, 7) is 4.18. The molecule has 0 spiro atoms. The number of anilines is 1. The summed E-state index contributed by atoms with van der Waals surface area (Å²) in [6.07, 6.45) is 1.68. The highest BCUT2D eigenvalue weighted by molar-refractivity contribution is 7.07. The fourth-order valence-corrected chi connectivity index (χ4v) is 4.82. The van der Waals surface area contributed by atoms with Gasteiger partial charge in [-0.05, 0) is 53.5 Å². The van der Waals surface area contributed by atoms with E-state index in [9.17, 15) is 14.9 Å². The van der Waals surface area contributed by atoms with Crippen LogP contribution in [0, 0.1) is 11.3 Å². The van der Waals surface area contributed by atoms with E-state index in [2.05, 4.69) is 19.2 Å². The van der Waals surface area contributed by atoms with Crippen LogP contribution in [0.3, 0.4) is 0 Å². The third-order valence-electron chi connectivity index (χ3n) is 5.42. The minimum Gasteiger partial charge on any atom is -0.321 e. The molecule has 0 radical (unpaired) electrons. The van der Waals surface area contributed by atoms with Gasteiger partial charge in [0.1, 0.15) is 10.7 Å². The van der Waals surface area contributed by atoms with Crippen LogP contribution in [0.25, 0.3) is 17.3 Å². The standard InChI is InChI=1S/C28H22ClN3O2S/c1-18(2)19-12-14-21(15-13-19)31-26(33)23(17-30)28-32(22-9-4-3-5-10-22)27(34)25(35-28)16-20-8-6-7-11-24(20)29/h3-16,18H,1-2H3,(H,31,33)/b25-16+,28-23-. The number of aromatic nitrogens is 1. The van der Waals surface area contributed by atoms with Gasteiger partial charge in [0.15, 0.2) is 5.57 Å². The van der Waals surface area contributed by atoms with Gasteiger partial charge >= 0.3 is 0 Å². The highest BCUT2D eigenvalue weighted by Crippen LogP contribution is 2.18. The molecule has 7 heteroatoms. The molecule has 0 unspecified atom stereocenters. The summed E-state index contributed by atoms with van der Waals surface area (Å²) in [5.74, 6) is -0.222. The minimum absolute atomic E-state index is 0.150. The lowest BCUT2D eigenvalue weighted by Crippen LogP contribution is -2.32. The highest BCUT2D eigenvalue weighted by atomic mass is 35.5. The zero-order chi connectivity index (χ0) is 24.9. The van der Waals surface area contributed by atoms with Crippen molar-refractivity contribution in [2.24, 2.45) is 0 Å². The molecule has 0 atom stereocenters. The number of carbonyl (C=O) groups is 1. The third kappa shape index (κ3) is 5.27. The van der Waals surface area contributed by atoms with Gasteiger partial charge in [0, 0.05) is 10.7 Å². The van der Waals surface area contributed by atoms with Crippen LogP contribution in [0.2, 0.25) is 5.02 Å². The van der Waals surface area contributed by atoms with Crippen molar-refractivity contribution in [2.45, 2.75) is 19.8 Å². The van der Waals surface area contributed by atoms with Gasteiger partial charge in [-0.3, -0.25) is 14.2 Å². The van der Waals surface area contributed by atoms with Crippen LogP contribution in [0.5, 0.6) is 0 Å². The van der Waals surface area contributed by atoms with Crippen LogP contribution >= 0.6 is 22.9 Å². The van der Waals surface area contributed by atoms with Crippen LogP contribution in [0.15, 0.2) is 83.7 Å². The molecule has 0 saturated carbocycles. The van der Waals surface area contributed by atoms with E-state index in [1.165, 1.54) is 4.57 Å². The Balaban J connectivity index is 1.89. The molecule has 4 aromatic rings. The predicted molar refractivity (Wildman–Crippen MR) is 142 cm³/mol. The van der Waals surface area contributed by atoms with Crippen LogP contribution in [-0.2, 0) is 4.79 Å². The number of para-hydroxylation sites is 1. The van der Waals surface area contributed by atoms with Crippen molar-refractivity contribution in [3.8, 4) is 11.8 Å². The largest absolute Gasteiger partial charge is 0.321 e. The minimum atomic E-state index is -0.583. The Morgan fingerprint density at radius 1 is 1.03 bits per heavy atom. The lowest BCUT2D eigenvalue weighted by atomic mass is 10.0. The number of nitrogens with one attached hydrogen (secondary N) is 1. The Kier molecular flexibility index (Phi) is 7.31. The number of amides is 1. The second-order valence-electron chi connectivity index (χ2n) is 8.13. The number of thiazole rings is 1. The first-order valence-corrected chi connectivity index (χ1v) is 12.2. The van der Waals surface area contributed by atoms with E-state index < -0.39 is 5.91 Å². The van der Waals surface area contributed by atoms with E-state index in [4.69, 9.17) is 11.6 Å². The first kappa shape index (κ1) is 24.2. The van der Waals surface area contributed by atoms with E-state index >= 15 is 0 Å². The van der Waals surface area contributed by atoms with Gasteiger partial charge < -0.3 is 5.32 Å². The third-order valence-corrected chi connectivity index (χ3v) is 6.85. The highest BCUT2D eigenvalue weighted by Gasteiger charge is 2.17. The summed E-state index contributed by atoms with van der Waals surface area (Å²) in [6, 6.07) is 25.6. The molecule has 0 aliphatic carbocycles. The summed E-state index contributed by atoms with van der Waals surface area (Å²) >= 11 is 7.37. The van der Waals surface area contributed by atoms with Crippen LogP contribution in [0.1, 0.15) is 30.9 Å². The lowest BCUT2D eigenvalue weighted by Gasteiger charge is -2.08. The first-order valence-electron chi connectivity index (χ1n) is 11.0. The quantitative estimate of drug-likeness (QED) is 0.428. The molecule has 3 aromatic carbocycles. The number of hydrogen-bond donors (Lipinski definition) is 1. The molecule has 0 aliphatic rings. The number of halogens is 1. The predicted octanol–water partition coefficient (Wildman–Crippen LogP) is 4.82. The summed E-state index contributed by atoms with van der Waals surface area (Å²) in [7, 11) is 0. The normalized spacial score (nSPS) is 12.4. The van der Waals surface area contributed by atoms with Gasteiger partial charge in [-0.1, -0.05) is 74.0 Å². The molecule has 1 aromatic heterocycles. The maximum Gasteiger partial charge on any atom is 0.273 e. The Morgan fingerprint density at radius 2 is 1.69 bits per heavy atom. The van der Waals surface area contributed by atoms with E-state index in [0.29, 0.717) is 32.4 Å². The number of carbonyl (C=O) groups excluding carboxylic acids is 1. The number of nitrogens with zero attached hydrogens (tertiary/aromatic N) is 2. The lowest BCUT2D eigenvalue weighted by molar-refractivity contribution is -0.111. The van der Waals surface area contributed by atoms with Crippen molar-refractivity contribution in [1.29, 1.82) is 5.26 Å². The van der Waals surface area contributed by atoms with Crippen molar-refractivity contribution in [3.63, 3.8) is 0 Å². The van der Waals surface area contributed by atoms with E-state index in [0.717, 1.165) is 16.9 Å². The molecule has 1 heterocycles. The zero-order valence-corrected chi connectivity index (χ0v) is 20.7. The van der Waals surface area contributed by atoms with E-state index in [1.807, 2.05) is 30.3 Å².